The summed E-state index contributed by atoms with van der Waals surface area (Å²) in [6, 6.07) is 3.92. The quantitative estimate of drug-likeness (QED) is 0.666. The molecule has 0 atom stereocenters. The van der Waals surface area contributed by atoms with Crippen molar-refractivity contribution in [2.45, 2.75) is 20.8 Å². The Morgan fingerprint density at radius 1 is 1.13 bits per heavy atom. The molecule has 1 aromatic rings. The minimum Gasteiger partial charge on any atom is -0.265 e. The van der Waals surface area contributed by atoms with E-state index in [1.54, 1.807) is 12.4 Å². The van der Waals surface area contributed by atoms with Crippen LogP contribution >= 0.6 is 0 Å². The number of hydrogen-bond donors (Lipinski definition) is 0. The van der Waals surface area contributed by atoms with E-state index in [0.717, 1.165) is 16.7 Å². The summed E-state index contributed by atoms with van der Waals surface area (Å²) in [7, 11) is 0. The third-order valence-corrected chi connectivity index (χ3v) is 1.93. The molecule has 0 aliphatic rings. The average molecular weight is 201 g/mol. The molecule has 0 bridgehead atoms. The van der Waals surface area contributed by atoms with Crippen LogP contribution in [0.4, 0.5) is 0 Å². The maximum atomic E-state index is 3.96. The van der Waals surface area contributed by atoms with Gasteiger partial charge in [0.2, 0.25) is 0 Å². The number of aromatic nitrogens is 1. The smallest absolute Gasteiger partial charge is 0.0273 e. The van der Waals surface area contributed by atoms with Gasteiger partial charge in [0.25, 0.3) is 0 Å². The Morgan fingerprint density at radius 2 is 1.67 bits per heavy atom. The van der Waals surface area contributed by atoms with Gasteiger partial charge in [-0.3, -0.25) is 4.98 Å². The summed E-state index contributed by atoms with van der Waals surface area (Å²) in [4.78, 5) is 3.96. The summed E-state index contributed by atoms with van der Waals surface area (Å²) in [5, 5.41) is 0. The summed E-state index contributed by atoms with van der Waals surface area (Å²) in [6.45, 7) is 13.5. The van der Waals surface area contributed by atoms with Crippen LogP contribution in [0.2, 0.25) is 0 Å². The fraction of sp³-hybridized carbons (Fsp3) is 0.214. The Balaban J connectivity index is 0.000000921. The second-order valence-electron chi connectivity index (χ2n) is 2.74. The SMILES string of the molecule is C=C/C(C)=C(\C=C)c1ccncc1.CC. The van der Waals surface area contributed by atoms with Gasteiger partial charge in [0, 0.05) is 12.4 Å². The van der Waals surface area contributed by atoms with Crippen molar-refractivity contribution in [2.75, 3.05) is 0 Å². The molecule has 80 valence electrons. The maximum absolute atomic E-state index is 3.96. The molecule has 0 aromatic carbocycles. The molecule has 0 saturated carbocycles. The van der Waals surface area contributed by atoms with Gasteiger partial charge in [0.1, 0.15) is 0 Å². The van der Waals surface area contributed by atoms with Gasteiger partial charge >= 0.3 is 0 Å². The first-order valence-electron chi connectivity index (χ1n) is 5.15. The first kappa shape index (κ1) is 13.4. The Labute approximate surface area is 92.9 Å². The topological polar surface area (TPSA) is 12.9 Å². The zero-order valence-corrected chi connectivity index (χ0v) is 9.83. The summed E-state index contributed by atoms with van der Waals surface area (Å²) >= 11 is 0. The highest BCUT2D eigenvalue weighted by Gasteiger charge is 1.98. The van der Waals surface area contributed by atoms with E-state index in [1.165, 1.54) is 0 Å². The van der Waals surface area contributed by atoms with E-state index in [0.29, 0.717) is 0 Å². The van der Waals surface area contributed by atoms with E-state index in [-0.39, 0.29) is 0 Å². The van der Waals surface area contributed by atoms with Crippen molar-refractivity contribution in [1.29, 1.82) is 0 Å². The zero-order valence-electron chi connectivity index (χ0n) is 9.83. The minimum atomic E-state index is 1.11. The molecule has 0 amide bonds. The third-order valence-electron chi connectivity index (χ3n) is 1.93. The zero-order chi connectivity index (χ0) is 11.7. The minimum absolute atomic E-state index is 1.11. The normalized spacial score (nSPS) is 10.6. The molecule has 1 aromatic heterocycles. The van der Waals surface area contributed by atoms with E-state index < -0.39 is 0 Å². The molecule has 0 spiro atoms. The molecule has 1 heteroatoms. The van der Waals surface area contributed by atoms with Crippen LogP contribution in [0.25, 0.3) is 5.57 Å². The highest BCUT2D eigenvalue weighted by Crippen LogP contribution is 2.19. The standard InChI is InChI=1S/C12H13N.C2H6/c1-4-10(3)12(5-2)11-6-8-13-9-7-11;1-2/h4-9H,1-2H2,3H3;1-2H3/b12-10+;. The van der Waals surface area contributed by atoms with Gasteiger partial charge < -0.3 is 0 Å². The van der Waals surface area contributed by atoms with Crippen molar-refractivity contribution in [3.8, 4) is 0 Å². The van der Waals surface area contributed by atoms with Gasteiger partial charge in [-0.2, -0.15) is 0 Å². The molecular formula is C14H19N. The molecule has 15 heavy (non-hydrogen) atoms. The van der Waals surface area contributed by atoms with Crippen LogP contribution in [-0.4, -0.2) is 4.98 Å². The first-order chi connectivity index (χ1) is 7.29. The van der Waals surface area contributed by atoms with E-state index in [1.807, 2.05) is 45.1 Å². The summed E-state index contributed by atoms with van der Waals surface area (Å²) < 4.78 is 0. The molecular weight excluding hydrogens is 182 g/mol. The van der Waals surface area contributed by atoms with Crippen LogP contribution in [0, 0.1) is 0 Å². The number of hydrogen-bond acceptors (Lipinski definition) is 1. The lowest BCUT2D eigenvalue weighted by molar-refractivity contribution is 1.31. The van der Waals surface area contributed by atoms with Gasteiger partial charge in [-0.1, -0.05) is 39.2 Å². The first-order valence-corrected chi connectivity index (χ1v) is 5.15. The monoisotopic (exact) mass is 201 g/mol. The Hall–Kier alpha value is -1.63. The molecule has 1 heterocycles. The van der Waals surface area contributed by atoms with Crippen molar-refractivity contribution in [1.82, 2.24) is 4.98 Å². The van der Waals surface area contributed by atoms with Crippen molar-refractivity contribution < 1.29 is 0 Å². The van der Waals surface area contributed by atoms with Crippen LogP contribution in [-0.2, 0) is 0 Å². The van der Waals surface area contributed by atoms with Gasteiger partial charge in [-0.05, 0) is 35.8 Å². The van der Waals surface area contributed by atoms with Crippen LogP contribution in [0.15, 0.2) is 55.4 Å². The van der Waals surface area contributed by atoms with Gasteiger partial charge in [0.15, 0.2) is 0 Å². The van der Waals surface area contributed by atoms with E-state index in [9.17, 15) is 0 Å². The fourth-order valence-corrected chi connectivity index (χ4v) is 1.15. The molecule has 1 nitrogen and oxygen atoms in total. The predicted octanol–water partition coefficient (Wildman–Crippen LogP) is 4.25. The Morgan fingerprint density at radius 3 is 2.07 bits per heavy atom. The van der Waals surface area contributed by atoms with Crippen molar-refractivity contribution >= 4 is 5.57 Å². The maximum Gasteiger partial charge on any atom is 0.0273 e. The van der Waals surface area contributed by atoms with Crippen molar-refractivity contribution in [2.24, 2.45) is 0 Å². The third kappa shape index (κ3) is 3.94. The lowest BCUT2D eigenvalue weighted by Gasteiger charge is -2.03. The number of nitrogens with zero attached hydrogens (tertiary/aromatic N) is 1. The molecule has 0 radical (unpaired) electrons. The highest BCUT2D eigenvalue weighted by atomic mass is 14.6. The number of rotatable bonds is 3. The second kappa shape index (κ2) is 7.74. The van der Waals surface area contributed by atoms with Crippen LogP contribution in [0.5, 0.6) is 0 Å². The summed E-state index contributed by atoms with van der Waals surface area (Å²) in [5.41, 5.74) is 3.36. The number of allylic oxidation sites excluding steroid dienone is 4. The lowest BCUT2D eigenvalue weighted by Crippen LogP contribution is -1.84. The highest BCUT2D eigenvalue weighted by molar-refractivity contribution is 5.77. The molecule has 1 rings (SSSR count). The van der Waals surface area contributed by atoms with Crippen LogP contribution < -0.4 is 0 Å². The van der Waals surface area contributed by atoms with Crippen LogP contribution in [0.3, 0.4) is 0 Å². The molecule has 0 unspecified atom stereocenters. The van der Waals surface area contributed by atoms with Crippen LogP contribution in [0.1, 0.15) is 26.3 Å². The van der Waals surface area contributed by atoms with Gasteiger partial charge in [-0.25, -0.2) is 0 Å². The fourth-order valence-electron chi connectivity index (χ4n) is 1.15. The molecule has 0 saturated heterocycles. The van der Waals surface area contributed by atoms with Gasteiger partial charge in [0.05, 0.1) is 0 Å². The summed E-state index contributed by atoms with van der Waals surface area (Å²) in [5.74, 6) is 0. The largest absolute Gasteiger partial charge is 0.265 e. The Bertz CT molecular complexity index is 334. The predicted molar refractivity (Wildman–Crippen MR) is 68.6 cm³/mol. The van der Waals surface area contributed by atoms with Crippen molar-refractivity contribution in [3.05, 3.63) is 61.0 Å². The summed E-state index contributed by atoms with van der Waals surface area (Å²) in [6.07, 6.45) is 7.22. The molecule has 0 N–H and O–H groups in total. The average Bonchev–Trinajstić information content (AvgIpc) is 2.33. The van der Waals surface area contributed by atoms with Crippen molar-refractivity contribution in [3.63, 3.8) is 0 Å². The molecule has 0 aliphatic carbocycles. The molecule has 0 fully saturated rings. The van der Waals surface area contributed by atoms with E-state index >= 15 is 0 Å². The van der Waals surface area contributed by atoms with E-state index in [2.05, 4.69) is 18.1 Å². The lowest BCUT2D eigenvalue weighted by atomic mass is 10.0. The Kier molecular flexibility index (Phi) is 6.90. The number of pyridine rings is 1. The molecule has 0 aliphatic heterocycles. The van der Waals surface area contributed by atoms with E-state index in [4.69, 9.17) is 0 Å². The second-order valence-corrected chi connectivity index (χ2v) is 2.74. The van der Waals surface area contributed by atoms with Gasteiger partial charge in [-0.15, -0.1) is 0 Å².